The van der Waals surface area contributed by atoms with Gasteiger partial charge >= 0.3 is 0 Å². The van der Waals surface area contributed by atoms with Gasteiger partial charge in [0.1, 0.15) is 0 Å². The molecule has 148 valence electrons. The van der Waals surface area contributed by atoms with Crippen LogP contribution in [-0.4, -0.2) is 57.3 Å². The van der Waals surface area contributed by atoms with Crippen LogP contribution in [0.15, 0.2) is 35.5 Å². The van der Waals surface area contributed by atoms with Crippen molar-refractivity contribution in [3.05, 3.63) is 52.8 Å². The van der Waals surface area contributed by atoms with Gasteiger partial charge in [0.25, 0.3) is 5.78 Å². The summed E-state index contributed by atoms with van der Waals surface area (Å²) in [5.41, 5.74) is 3.78. The molecule has 28 heavy (non-hydrogen) atoms. The van der Waals surface area contributed by atoms with E-state index in [1.165, 1.54) is 17.3 Å². The summed E-state index contributed by atoms with van der Waals surface area (Å²) in [4.78, 5) is 23.7. The normalized spacial score (nSPS) is 12.5. The predicted molar refractivity (Wildman–Crippen MR) is 112 cm³/mol. The molecule has 1 aromatic carbocycles. The number of nitrogens with one attached hydrogen (secondary N) is 1. The number of fused-ring (bicyclic) bond motifs is 1. The van der Waals surface area contributed by atoms with Crippen LogP contribution in [0.5, 0.6) is 0 Å². The highest BCUT2D eigenvalue weighted by Crippen LogP contribution is 2.19. The van der Waals surface area contributed by atoms with Gasteiger partial charge in [-0.25, -0.2) is 9.50 Å². The van der Waals surface area contributed by atoms with E-state index in [1.54, 1.807) is 4.52 Å². The number of thioether (sulfide) groups is 1. The standard InChI is InChI=1S/C20H26N6OS/c1-13-16(14(2)26-19(22-13)23-20(24-26)28-5)11-18(27)21-12-17(25(3)4)15-9-7-6-8-10-15/h6-10,17H,11-12H2,1-5H3,(H,21,27). The second-order valence-corrected chi connectivity index (χ2v) is 7.72. The molecule has 3 aromatic rings. The molecule has 0 aliphatic heterocycles. The summed E-state index contributed by atoms with van der Waals surface area (Å²) in [6.45, 7) is 4.41. The summed E-state index contributed by atoms with van der Waals surface area (Å²) in [6, 6.07) is 10.3. The summed E-state index contributed by atoms with van der Waals surface area (Å²) < 4.78 is 1.72. The maximum Gasteiger partial charge on any atom is 0.253 e. The first-order valence-electron chi connectivity index (χ1n) is 9.15. The van der Waals surface area contributed by atoms with Crippen molar-refractivity contribution in [1.82, 2.24) is 29.8 Å². The predicted octanol–water partition coefficient (Wildman–Crippen LogP) is 2.42. The number of benzene rings is 1. The summed E-state index contributed by atoms with van der Waals surface area (Å²) in [7, 11) is 4.04. The Labute approximate surface area is 169 Å². The number of likely N-dealkylation sites (N-methyl/N-ethyl adjacent to an activating group) is 1. The molecular formula is C20H26N6OS. The van der Waals surface area contributed by atoms with Crippen LogP contribution < -0.4 is 5.32 Å². The van der Waals surface area contributed by atoms with Crippen LogP contribution >= 0.6 is 11.8 Å². The lowest BCUT2D eigenvalue weighted by molar-refractivity contribution is -0.120. The zero-order valence-electron chi connectivity index (χ0n) is 16.9. The topological polar surface area (TPSA) is 75.4 Å². The molecule has 0 fully saturated rings. The van der Waals surface area contributed by atoms with E-state index < -0.39 is 0 Å². The number of hydrogen-bond acceptors (Lipinski definition) is 6. The zero-order chi connectivity index (χ0) is 20.3. The molecule has 0 bridgehead atoms. The maximum absolute atomic E-state index is 12.7. The molecule has 0 radical (unpaired) electrons. The molecule has 8 heteroatoms. The fourth-order valence-corrected chi connectivity index (χ4v) is 3.58. The van der Waals surface area contributed by atoms with Crippen molar-refractivity contribution in [3.8, 4) is 0 Å². The minimum atomic E-state index is -0.0275. The van der Waals surface area contributed by atoms with Crippen LogP contribution in [0.2, 0.25) is 0 Å². The number of amides is 1. The minimum absolute atomic E-state index is 0.0275. The van der Waals surface area contributed by atoms with Gasteiger partial charge in [0.05, 0.1) is 12.5 Å². The lowest BCUT2D eigenvalue weighted by Crippen LogP contribution is -2.35. The Balaban J connectivity index is 1.74. The van der Waals surface area contributed by atoms with Gasteiger partial charge in [0.2, 0.25) is 11.1 Å². The third-order valence-electron chi connectivity index (χ3n) is 4.85. The molecule has 2 heterocycles. The summed E-state index contributed by atoms with van der Waals surface area (Å²) in [5, 5.41) is 8.19. The molecule has 1 amide bonds. The SMILES string of the molecule is CSc1nc2nc(C)c(CC(=O)NCC(c3ccccc3)N(C)C)c(C)n2n1. The molecule has 1 unspecified atom stereocenters. The molecule has 2 aromatic heterocycles. The molecule has 0 spiro atoms. The van der Waals surface area contributed by atoms with E-state index >= 15 is 0 Å². The number of rotatable bonds is 7. The van der Waals surface area contributed by atoms with Crippen LogP contribution in [0.4, 0.5) is 0 Å². The fraction of sp³-hybridized carbons (Fsp3) is 0.400. The quantitative estimate of drug-likeness (QED) is 0.616. The summed E-state index contributed by atoms with van der Waals surface area (Å²) >= 11 is 1.47. The lowest BCUT2D eigenvalue weighted by atomic mass is 10.1. The number of carbonyl (C=O) groups is 1. The van der Waals surface area contributed by atoms with Gasteiger partial charge in [-0.3, -0.25) is 4.79 Å². The number of nitrogens with zero attached hydrogens (tertiary/aromatic N) is 5. The van der Waals surface area contributed by atoms with Crippen molar-refractivity contribution in [2.45, 2.75) is 31.5 Å². The Morgan fingerprint density at radius 2 is 1.93 bits per heavy atom. The van der Waals surface area contributed by atoms with Crippen molar-refractivity contribution in [2.75, 3.05) is 26.9 Å². The van der Waals surface area contributed by atoms with Crippen molar-refractivity contribution in [3.63, 3.8) is 0 Å². The summed E-state index contributed by atoms with van der Waals surface area (Å²) in [5.74, 6) is 0.542. The smallest absolute Gasteiger partial charge is 0.253 e. The molecule has 0 saturated carbocycles. The largest absolute Gasteiger partial charge is 0.354 e. The highest BCUT2D eigenvalue weighted by molar-refractivity contribution is 7.98. The molecular weight excluding hydrogens is 372 g/mol. The Bertz CT molecular complexity index is 970. The highest BCUT2D eigenvalue weighted by Gasteiger charge is 2.18. The molecule has 0 aliphatic rings. The Morgan fingerprint density at radius 3 is 2.57 bits per heavy atom. The maximum atomic E-state index is 12.7. The summed E-state index contributed by atoms with van der Waals surface area (Å²) in [6.07, 6.45) is 2.20. The number of aryl methyl sites for hydroxylation is 2. The molecule has 7 nitrogen and oxygen atoms in total. The Hall–Kier alpha value is -2.45. The second kappa shape index (κ2) is 8.70. The van der Waals surface area contributed by atoms with E-state index in [9.17, 15) is 4.79 Å². The monoisotopic (exact) mass is 398 g/mol. The first kappa shape index (κ1) is 20.3. The van der Waals surface area contributed by atoms with E-state index in [-0.39, 0.29) is 18.4 Å². The molecule has 0 saturated heterocycles. The number of hydrogen-bond donors (Lipinski definition) is 1. The van der Waals surface area contributed by atoms with E-state index in [4.69, 9.17) is 0 Å². The highest BCUT2D eigenvalue weighted by atomic mass is 32.2. The van der Waals surface area contributed by atoms with E-state index in [2.05, 4.69) is 37.4 Å². The van der Waals surface area contributed by atoms with Gasteiger partial charge in [-0.1, -0.05) is 42.1 Å². The average molecular weight is 399 g/mol. The molecule has 1 atom stereocenters. The van der Waals surface area contributed by atoms with Gasteiger partial charge in [0, 0.05) is 23.5 Å². The van der Waals surface area contributed by atoms with E-state index in [1.807, 2.05) is 52.4 Å². The van der Waals surface area contributed by atoms with Gasteiger partial charge in [-0.15, -0.1) is 5.10 Å². The lowest BCUT2D eigenvalue weighted by Gasteiger charge is -2.25. The van der Waals surface area contributed by atoms with Crippen LogP contribution in [0.25, 0.3) is 5.78 Å². The molecule has 1 N–H and O–H groups in total. The molecule has 3 rings (SSSR count). The second-order valence-electron chi connectivity index (χ2n) is 6.94. The van der Waals surface area contributed by atoms with Crippen molar-refractivity contribution >= 4 is 23.4 Å². The van der Waals surface area contributed by atoms with Gasteiger partial charge < -0.3 is 10.2 Å². The van der Waals surface area contributed by atoms with Crippen LogP contribution in [0.1, 0.15) is 28.6 Å². The van der Waals surface area contributed by atoms with Crippen LogP contribution in [0.3, 0.4) is 0 Å². The zero-order valence-corrected chi connectivity index (χ0v) is 17.7. The van der Waals surface area contributed by atoms with Crippen molar-refractivity contribution in [1.29, 1.82) is 0 Å². The van der Waals surface area contributed by atoms with E-state index in [0.29, 0.717) is 17.5 Å². The Kier molecular flexibility index (Phi) is 6.31. The van der Waals surface area contributed by atoms with Gasteiger partial charge in [-0.2, -0.15) is 4.98 Å². The average Bonchev–Trinajstić information content (AvgIpc) is 3.09. The van der Waals surface area contributed by atoms with Crippen molar-refractivity contribution < 1.29 is 4.79 Å². The Morgan fingerprint density at radius 1 is 1.21 bits per heavy atom. The van der Waals surface area contributed by atoms with Crippen LogP contribution in [0, 0.1) is 13.8 Å². The minimum Gasteiger partial charge on any atom is -0.354 e. The third-order valence-corrected chi connectivity index (χ3v) is 5.39. The molecule has 0 aliphatic carbocycles. The number of aromatic nitrogens is 4. The van der Waals surface area contributed by atoms with E-state index in [0.717, 1.165) is 17.0 Å². The van der Waals surface area contributed by atoms with Crippen LogP contribution in [-0.2, 0) is 11.2 Å². The van der Waals surface area contributed by atoms with Gasteiger partial charge in [0.15, 0.2) is 0 Å². The fourth-order valence-electron chi connectivity index (χ4n) is 3.24. The van der Waals surface area contributed by atoms with Gasteiger partial charge in [-0.05, 0) is 39.8 Å². The number of carbonyl (C=O) groups excluding carboxylic acids is 1. The van der Waals surface area contributed by atoms with Crippen molar-refractivity contribution in [2.24, 2.45) is 0 Å². The third kappa shape index (κ3) is 4.34. The first-order valence-corrected chi connectivity index (χ1v) is 10.4. The first-order chi connectivity index (χ1) is 13.4.